The quantitative estimate of drug-likeness (QED) is 0.711. The molecule has 0 radical (unpaired) electrons. The predicted octanol–water partition coefficient (Wildman–Crippen LogP) is 4.65. The molecule has 1 aliphatic heterocycles. The summed E-state index contributed by atoms with van der Waals surface area (Å²) in [5, 5.41) is 3.83. The van der Waals surface area contributed by atoms with Crippen LogP contribution in [0.25, 0.3) is 0 Å². The lowest BCUT2D eigenvalue weighted by Gasteiger charge is -2.57. The van der Waals surface area contributed by atoms with E-state index in [9.17, 15) is 0 Å². The fourth-order valence-electron chi connectivity index (χ4n) is 7.11. The summed E-state index contributed by atoms with van der Waals surface area (Å²) in [5.74, 6) is 4.21. The van der Waals surface area contributed by atoms with Crippen LogP contribution < -0.4 is 5.32 Å². The van der Waals surface area contributed by atoms with Crippen LogP contribution in [0.2, 0.25) is 0 Å². The van der Waals surface area contributed by atoms with Gasteiger partial charge in [0.15, 0.2) is 0 Å². The minimum Gasteiger partial charge on any atom is -0.369 e. The second-order valence-electron chi connectivity index (χ2n) is 10.2. The summed E-state index contributed by atoms with van der Waals surface area (Å²) < 4.78 is 0. The van der Waals surface area contributed by atoms with Gasteiger partial charge >= 0.3 is 0 Å². The van der Waals surface area contributed by atoms with Crippen molar-refractivity contribution in [3.63, 3.8) is 0 Å². The van der Waals surface area contributed by atoms with Crippen LogP contribution in [0.5, 0.6) is 0 Å². The summed E-state index contributed by atoms with van der Waals surface area (Å²) in [6, 6.07) is 0. The van der Waals surface area contributed by atoms with Crippen LogP contribution in [0.4, 0.5) is 5.82 Å². The molecule has 4 nitrogen and oxygen atoms in total. The Balaban J connectivity index is 1.24. The highest BCUT2D eigenvalue weighted by Gasteiger charge is 2.50. The highest BCUT2D eigenvalue weighted by molar-refractivity contribution is 5.47. The number of unbranched alkanes of at least 4 members (excludes halogenated alkanes) is 2. The molecule has 4 saturated carbocycles. The first-order valence-electron chi connectivity index (χ1n) is 11.5. The third-order valence-corrected chi connectivity index (χ3v) is 7.96. The van der Waals surface area contributed by atoms with Crippen LogP contribution in [-0.2, 0) is 13.0 Å². The van der Waals surface area contributed by atoms with Crippen molar-refractivity contribution in [2.24, 2.45) is 23.2 Å². The first-order chi connectivity index (χ1) is 13.2. The third kappa shape index (κ3) is 3.62. The van der Waals surface area contributed by atoms with Gasteiger partial charge in [0.2, 0.25) is 0 Å². The molecular formula is C23H36N4. The SMILES string of the molecule is CCCCCN1CCc2c(ncnc2NCC23CC4CC(CC(C4)C2)C3)C1. The molecule has 0 amide bonds. The first-order valence-corrected chi connectivity index (χ1v) is 11.5. The average molecular weight is 369 g/mol. The monoisotopic (exact) mass is 368 g/mol. The molecule has 2 heterocycles. The van der Waals surface area contributed by atoms with Crippen molar-refractivity contribution in [2.45, 2.75) is 77.7 Å². The molecule has 1 aromatic heterocycles. The third-order valence-electron chi connectivity index (χ3n) is 7.96. The zero-order chi connectivity index (χ0) is 18.3. The molecule has 148 valence electrons. The summed E-state index contributed by atoms with van der Waals surface area (Å²) >= 11 is 0. The molecule has 0 atom stereocenters. The van der Waals surface area contributed by atoms with Crippen LogP contribution in [0.15, 0.2) is 6.33 Å². The predicted molar refractivity (Wildman–Crippen MR) is 110 cm³/mol. The Morgan fingerprint density at radius 1 is 1.07 bits per heavy atom. The number of hydrogen-bond donors (Lipinski definition) is 1. The molecule has 0 spiro atoms. The van der Waals surface area contributed by atoms with Gasteiger partial charge in [-0.25, -0.2) is 9.97 Å². The minimum absolute atomic E-state index is 0.563. The van der Waals surface area contributed by atoms with E-state index in [-0.39, 0.29) is 0 Å². The van der Waals surface area contributed by atoms with Gasteiger partial charge in [0, 0.05) is 25.2 Å². The molecule has 6 rings (SSSR count). The zero-order valence-electron chi connectivity index (χ0n) is 17.1. The van der Waals surface area contributed by atoms with Crippen LogP contribution in [0.1, 0.15) is 76.0 Å². The summed E-state index contributed by atoms with van der Waals surface area (Å²) in [4.78, 5) is 11.9. The Morgan fingerprint density at radius 3 is 2.52 bits per heavy atom. The maximum absolute atomic E-state index is 4.67. The van der Waals surface area contributed by atoms with Crippen molar-refractivity contribution in [3.05, 3.63) is 17.6 Å². The topological polar surface area (TPSA) is 41.1 Å². The number of aromatic nitrogens is 2. The van der Waals surface area contributed by atoms with Crippen molar-refractivity contribution in [1.82, 2.24) is 14.9 Å². The van der Waals surface area contributed by atoms with Crippen LogP contribution >= 0.6 is 0 Å². The van der Waals surface area contributed by atoms with E-state index in [1.165, 1.54) is 75.6 Å². The van der Waals surface area contributed by atoms with Crippen molar-refractivity contribution in [3.8, 4) is 0 Å². The van der Waals surface area contributed by atoms with Crippen LogP contribution in [0.3, 0.4) is 0 Å². The lowest BCUT2D eigenvalue weighted by molar-refractivity contribution is -0.0444. The van der Waals surface area contributed by atoms with E-state index in [1.54, 1.807) is 6.33 Å². The van der Waals surface area contributed by atoms with Crippen molar-refractivity contribution in [1.29, 1.82) is 0 Å². The second kappa shape index (κ2) is 7.35. The average Bonchev–Trinajstić information content (AvgIpc) is 2.65. The van der Waals surface area contributed by atoms with Gasteiger partial charge in [-0.15, -0.1) is 0 Å². The number of nitrogens with one attached hydrogen (secondary N) is 1. The first kappa shape index (κ1) is 17.9. The van der Waals surface area contributed by atoms with Gasteiger partial charge in [-0.05, 0) is 81.1 Å². The molecule has 0 saturated heterocycles. The molecule has 4 bridgehead atoms. The van der Waals surface area contributed by atoms with Gasteiger partial charge in [-0.2, -0.15) is 0 Å². The molecule has 4 fully saturated rings. The van der Waals surface area contributed by atoms with Gasteiger partial charge in [0.1, 0.15) is 12.1 Å². The van der Waals surface area contributed by atoms with Gasteiger partial charge in [-0.3, -0.25) is 4.90 Å². The Labute approximate surface area is 164 Å². The van der Waals surface area contributed by atoms with Gasteiger partial charge in [0.05, 0.1) is 5.69 Å². The van der Waals surface area contributed by atoms with Gasteiger partial charge in [0.25, 0.3) is 0 Å². The highest BCUT2D eigenvalue weighted by Crippen LogP contribution is 2.59. The van der Waals surface area contributed by atoms with E-state index in [0.717, 1.165) is 49.6 Å². The zero-order valence-corrected chi connectivity index (χ0v) is 17.1. The number of anilines is 1. The highest BCUT2D eigenvalue weighted by atomic mass is 15.1. The molecule has 1 aromatic rings. The molecule has 0 aromatic carbocycles. The van der Waals surface area contributed by atoms with Gasteiger partial charge < -0.3 is 5.32 Å². The number of rotatable bonds is 7. The molecule has 27 heavy (non-hydrogen) atoms. The lowest BCUT2D eigenvalue weighted by atomic mass is 9.49. The van der Waals surface area contributed by atoms with Crippen LogP contribution in [0, 0.1) is 23.2 Å². The molecule has 4 aliphatic carbocycles. The Bertz CT molecular complexity index is 635. The van der Waals surface area contributed by atoms with Crippen molar-refractivity contribution in [2.75, 3.05) is 25.0 Å². The molecular weight excluding hydrogens is 332 g/mol. The summed E-state index contributed by atoms with van der Waals surface area (Å²) in [6.45, 7) is 6.80. The normalized spacial score (nSPS) is 34.6. The molecule has 5 aliphatic rings. The lowest BCUT2D eigenvalue weighted by Crippen LogP contribution is -2.49. The largest absolute Gasteiger partial charge is 0.369 e. The summed E-state index contributed by atoms with van der Waals surface area (Å²) in [7, 11) is 0. The smallest absolute Gasteiger partial charge is 0.132 e. The van der Waals surface area contributed by atoms with E-state index in [0.29, 0.717) is 5.41 Å². The van der Waals surface area contributed by atoms with Crippen molar-refractivity contribution >= 4 is 5.82 Å². The minimum atomic E-state index is 0.563. The van der Waals surface area contributed by atoms with E-state index in [1.807, 2.05) is 0 Å². The van der Waals surface area contributed by atoms with E-state index < -0.39 is 0 Å². The summed E-state index contributed by atoms with van der Waals surface area (Å²) in [5.41, 5.74) is 3.22. The van der Waals surface area contributed by atoms with E-state index in [2.05, 4.69) is 27.1 Å². The standard InChI is InChI=1S/C23H36N4/c1-2-3-4-6-27-7-5-20-21(14-27)25-16-26-22(20)24-15-23-11-17-8-18(12-23)10-19(9-17)13-23/h16-19H,2-15H2,1H3,(H,24,25,26). The Hall–Kier alpha value is -1.16. The van der Waals surface area contributed by atoms with Gasteiger partial charge in [-0.1, -0.05) is 19.8 Å². The number of hydrogen-bond acceptors (Lipinski definition) is 4. The Kier molecular flexibility index (Phi) is 4.87. The fourth-order valence-corrected chi connectivity index (χ4v) is 7.11. The molecule has 0 unspecified atom stereocenters. The number of nitrogens with zero attached hydrogens (tertiary/aromatic N) is 3. The molecule has 4 heteroatoms. The number of fused-ring (bicyclic) bond motifs is 1. The van der Waals surface area contributed by atoms with E-state index in [4.69, 9.17) is 0 Å². The maximum atomic E-state index is 4.67. The second-order valence-corrected chi connectivity index (χ2v) is 10.2. The van der Waals surface area contributed by atoms with E-state index >= 15 is 0 Å². The maximum Gasteiger partial charge on any atom is 0.132 e. The summed E-state index contributed by atoms with van der Waals surface area (Å²) in [6.07, 6.45) is 15.8. The Morgan fingerprint density at radius 2 is 1.81 bits per heavy atom. The molecule has 1 N–H and O–H groups in total. The fraction of sp³-hybridized carbons (Fsp3) is 0.826. The van der Waals surface area contributed by atoms with Crippen molar-refractivity contribution < 1.29 is 0 Å². The van der Waals surface area contributed by atoms with Crippen LogP contribution in [-0.4, -0.2) is 34.5 Å².